The number of fused-ring (bicyclic) bond motifs is 2. The first-order valence-corrected chi connectivity index (χ1v) is 12.2. The molecule has 0 saturated heterocycles. The first kappa shape index (κ1) is 23.6. The van der Waals surface area contributed by atoms with E-state index in [0.717, 1.165) is 32.2 Å². The molecule has 8 nitrogen and oxygen atoms in total. The fourth-order valence-corrected chi connectivity index (χ4v) is 4.79. The smallest absolute Gasteiger partial charge is 0.282 e. The van der Waals surface area contributed by atoms with Gasteiger partial charge in [0.1, 0.15) is 5.82 Å². The summed E-state index contributed by atoms with van der Waals surface area (Å²) in [7, 11) is 0. The van der Waals surface area contributed by atoms with Gasteiger partial charge in [-0.25, -0.2) is 4.98 Å². The van der Waals surface area contributed by atoms with Gasteiger partial charge in [-0.15, -0.1) is 0 Å². The number of rotatable bonds is 6. The number of benzene rings is 3. The van der Waals surface area contributed by atoms with Crippen molar-refractivity contribution in [2.24, 2.45) is 5.10 Å². The number of non-ortho nitro benzene ring substituents is 1. The van der Waals surface area contributed by atoms with Crippen LogP contribution in [0.1, 0.15) is 29.6 Å². The Kier molecular flexibility index (Phi) is 6.24. The van der Waals surface area contributed by atoms with Gasteiger partial charge in [-0.1, -0.05) is 53.2 Å². The molecule has 180 valence electrons. The van der Waals surface area contributed by atoms with Gasteiger partial charge in [-0.2, -0.15) is 9.78 Å². The van der Waals surface area contributed by atoms with Crippen molar-refractivity contribution in [1.29, 1.82) is 0 Å². The molecule has 9 heteroatoms. The summed E-state index contributed by atoms with van der Waals surface area (Å²) in [5, 5.41) is 17.3. The molecule has 0 saturated carbocycles. The van der Waals surface area contributed by atoms with Crippen LogP contribution in [0.5, 0.6) is 0 Å². The molecule has 0 amide bonds. The average molecular weight is 544 g/mol. The van der Waals surface area contributed by atoms with Gasteiger partial charge in [0.2, 0.25) is 0 Å². The number of aryl methyl sites for hydroxylation is 1. The molecule has 0 aliphatic heterocycles. The van der Waals surface area contributed by atoms with Gasteiger partial charge in [0, 0.05) is 51.7 Å². The van der Waals surface area contributed by atoms with E-state index in [2.05, 4.69) is 30.6 Å². The molecule has 0 fully saturated rings. The zero-order valence-electron chi connectivity index (χ0n) is 19.7. The minimum absolute atomic E-state index is 0.0605. The molecular formula is C27H22BrN5O3. The molecule has 2 aromatic heterocycles. The first-order valence-electron chi connectivity index (χ1n) is 11.4. The fourth-order valence-electron chi connectivity index (χ4n) is 4.43. The van der Waals surface area contributed by atoms with E-state index in [1.165, 1.54) is 10.7 Å². The Morgan fingerprint density at radius 1 is 1.08 bits per heavy atom. The summed E-state index contributed by atoms with van der Waals surface area (Å²) in [5.74, 6) is 0.573. The van der Waals surface area contributed by atoms with Crippen LogP contribution in [0.25, 0.3) is 21.8 Å². The topological polar surface area (TPSA) is 95.3 Å². The standard InChI is InChI=1S/C27H22BrN5O3/c1-3-26-30-24-12-11-19(28)14-22(24)27(34)32(26)29-15-23-17(2)31(25-10-5-4-9-21(23)25)16-18-7-6-8-20(13-18)33(35)36/h4-15H,3,16H2,1-2H3. The van der Waals surface area contributed by atoms with Crippen LogP contribution >= 0.6 is 15.9 Å². The molecule has 0 bridgehead atoms. The van der Waals surface area contributed by atoms with Crippen LogP contribution in [0.15, 0.2) is 81.1 Å². The number of para-hydroxylation sites is 1. The Hall–Kier alpha value is -4.11. The summed E-state index contributed by atoms with van der Waals surface area (Å²) in [4.78, 5) is 28.8. The number of halogens is 1. The van der Waals surface area contributed by atoms with Crippen molar-refractivity contribution >= 4 is 49.6 Å². The second kappa shape index (κ2) is 9.50. The molecular weight excluding hydrogens is 522 g/mol. The van der Waals surface area contributed by atoms with Gasteiger partial charge in [0.05, 0.1) is 22.0 Å². The SMILES string of the molecule is CCc1nc2ccc(Br)cc2c(=O)n1N=Cc1c(C)n(Cc2cccc([N+](=O)[O-])c2)c2ccccc12. The van der Waals surface area contributed by atoms with Crippen molar-refractivity contribution in [2.75, 3.05) is 0 Å². The number of hydrogen-bond donors (Lipinski definition) is 0. The molecule has 2 heterocycles. The number of aromatic nitrogens is 3. The van der Waals surface area contributed by atoms with E-state index < -0.39 is 0 Å². The predicted molar refractivity (Wildman–Crippen MR) is 145 cm³/mol. The highest BCUT2D eigenvalue weighted by Gasteiger charge is 2.15. The van der Waals surface area contributed by atoms with Crippen LogP contribution < -0.4 is 5.56 Å². The third-order valence-corrected chi connectivity index (χ3v) is 6.73. The Labute approximate surface area is 214 Å². The van der Waals surface area contributed by atoms with Crippen molar-refractivity contribution in [3.8, 4) is 0 Å². The Morgan fingerprint density at radius 3 is 2.67 bits per heavy atom. The van der Waals surface area contributed by atoms with E-state index in [1.807, 2.05) is 56.3 Å². The van der Waals surface area contributed by atoms with E-state index >= 15 is 0 Å². The maximum Gasteiger partial charge on any atom is 0.282 e. The zero-order valence-corrected chi connectivity index (χ0v) is 21.3. The Bertz CT molecular complexity index is 1740. The molecule has 5 aromatic rings. The summed E-state index contributed by atoms with van der Waals surface area (Å²) in [5.41, 5.74) is 4.08. The van der Waals surface area contributed by atoms with Gasteiger partial charge in [0.15, 0.2) is 0 Å². The highest BCUT2D eigenvalue weighted by atomic mass is 79.9. The number of nitro groups is 1. The van der Waals surface area contributed by atoms with Crippen LogP contribution in [-0.4, -0.2) is 25.4 Å². The van der Waals surface area contributed by atoms with E-state index in [9.17, 15) is 14.9 Å². The summed E-state index contributed by atoms with van der Waals surface area (Å²) >= 11 is 3.43. The third kappa shape index (κ3) is 4.22. The molecule has 0 N–H and O–H groups in total. The van der Waals surface area contributed by atoms with Gasteiger partial charge in [-0.3, -0.25) is 14.9 Å². The molecule has 0 atom stereocenters. The van der Waals surface area contributed by atoms with E-state index in [4.69, 9.17) is 0 Å². The van der Waals surface area contributed by atoms with Crippen LogP contribution in [0.4, 0.5) is 5.69 Å². The molecule has 0 aliphatic carbocycles. The second-order valence-electron chi connectivity index (χ2n) is 8.43. The van der Waals surface area contributed by atoms with Crippen molar-refractivity contribution in [3.63, 3.8) is 0 Å². The van der Waals surface area contributed by atoms with Gasteiger partial charge in [-0.05, 0) is 36.8 Å². The zero-order chi connectivity index (χ0) is 25.4. The first-order chi connectivity index (χ1) is 17.4. The summed E-state index contributed by atoms with van der Waals surface area (Å²) in [6.45, 7) is 4.39. The molecule has 0 spiro atoms. The monoisotopic (exact) mass is 543 g/mol. The minimum atomic E-state index is -0.388. The number of nitrogens with zero attached hydrogens (tertiary/aromatic N) is 5. The van der Waals surface area contributed by atoms with E-state index in [-0.39, 0.29) is 16.2 Å². The van der Waals surface area contributed by atoms with Crippen molar-refractivity contribution in [3.05, 3.63) is 114 Å². The predicted octanol–water partition coefficient (Wildman–Crippen LogP) is 5.82. The molecule has 0 aliphatic rings. The summed E-state index contributed by atoms with van der Waals surface area (Å²) < 4.78 is 4.27. The molecule has 5 rings (SSSR count). The fraction of sp³-hybridized carbons (Fsp3) is 0.148. The highest BCUT2D eigenvalue weighted by Crippen LogP contribution is 2.26. The van der Waals surface area contributed by atoms with Gasteiger partial charge in [0.25, 0.3) is 11.2 Å². The third-order valence-electron chi connectivity index (χ3n) is 6.24. The lowest BCUT2D eigenvalue weighted by molar-refractivity contribution is -0.384. The van der Waals surface area contributed by atoms with Crippen LogP contribution in [0.3, 0.4) is 0 Å². The molecule has 0 unspecified atom stereocenters. The largest absolute Gasteiger partial charge is 0.340 e. The van der Waals surface area contributed by atoms with Crippen molar-refractivity contribution in [2.45, 2.75) is 26.8 Å². The molecule has 36 heavy (non-hydrogen) atoms. The molecule has 0 radical (unpaired) electrons. The van der Waals surface area contributed by atoms with Crippen molar-refractivity contribution in [1.82, 2.24) is 14.2 Å². The molecule has 3 aromatic carbocycles. The Morgan fingerprint density at radius 2 is 1.89 bits per heavy atom. The summed E-state index contributed by atoms with van der Waals surface area (Å²) in [6.07, 6.45) is 2.25. The Balaban J connectivity index is 1.63. The van der Waals surface area contributed by atoms with Crippen LogP contribution in [0.2, 0.25) is 0 Å². The van der Waals surface area contributed by atoms with Gasteiger partial charge >= 0.3 is 0 Å². The quantitative estimate of drug-likeness (QED) is 0.153. The van der Waals surface area contributed by atoms with Crippen LogP contribution in [-0.2, 0) is 13.0 Å². The van der Waals surface area contributed by atoms with Crippen LogP contribution in [0, 0.1) is 17.0 Å². The second-order valence-corrected chi connectivity index (χ2v) is 9.35. The lowest BCUT2D eigenvalue weighted by Crippen LogP contribution is -2.22. The lowest BCUT2D eigenvalue weighted by Gasteiger charge is -2.09. The minimum Gasteiger partial charge on any atom is -0.340 e. The highest BCUT2D eigenvalue weighted by molar-refractivity contribution is 9.10. The lowest BCUT2D eigenvalue weighted by atomic mass is 10.1. The number of nitro benzene ring substituents is 1. The maximum absolute atomic E-state index is 13.3. The van der Waals surface area contributed by atoms with Crippen molar-refractivity contribution < 1.29 is 4.92 Å². The number of hydrogen-bond acceptors (Lipinski definition) is 5. The van der Waals surface area contributed by atoms with E-state index in [1.54, 1.807) is 24.4 Å². The van der Waals surface area contributed by atoms with Gasteiger partial charge < -0.3 is 4.57 Å². The summed E-state index contributed by atoms with van der Waals surface area (Å²) in [6, 6.07) is 20.0. The average Bonchev–Trinajstić information content (AvgIpc) is 3.14. The normalized spacial score (nSPS) is 11.6. The van der Waals surface area contributed by atoms with E-state index in [0.29, 0.717) is 29.7 Å². The maximum atomic E-state index is 13.3.